The van der Waals surface area contributed by atoms with Gasteiger partial charge in [0, 0.05) is 49.2 Å². The van der Waals surface area contributed by atoms with E-state index in [1.807, 2.05) is 17.7 Å². The summed E-state index contributed by atoms with van der Waals surface area (Å²) in [7, 11) is 0.972. The molecule has 5 nitrogen and oxygen atoms in total. The highest BCUT2D eigenvalue weighted by atomic mass is 32.2. The number of aromatic nitrogens is 2. The molecule has 0 spiro atoms. The molecule has 0 saturated heterocycles. The highest BCUT2D eigenvalue weighted by Gasteiger charge is 2.04. The zero-order valence-electron chi connectivity index (χ0n) is 10.7. The van der Waals surface area contributed by atoms with Crippen LogP contribution < -0.4 is 5.32 Å². The van der Waals surface area contributed by atoms with Crippen LogP contribution in [0.2, 0.25) is 0 Å². The normalized spacial score (nSPS) is 12.6. The lowest BCUT2D eigenvalue weighted by molar-refractivity contribution is 0.187. The summed E-state index contributed by atoms with van der Waals surface area (Å²) in [5.74, 6) is 1.59. The molecule has 0 aromatic carbocycles. The van der Waals surface area contributed by atoms with E-state index < -0.39 is 10.8 Å². The lowest BCUT2D eigenvalue weighted by Crippen LogP contribution is -2.12. The second-order valence-electron chi connectivity index (χ2n) is 3.95. The zero-order chi connectivity index (χ0) is 12.7. The van der Waals surface area contributed by atoms with Crippen LogP contribution in [0.25, 0.3) is 0 Å². The van der Waals surface area contributed by atoms with Gasteiger partial charge in [0.25, 0.3) is 0 Å². The Morgan fingerprint density at radius 2 is 2.35 bits per heavy atom. The summed E-state index contributed by atoms with van der Waals surface area (Å²) in [6, 6.07) is 0. The molecule has 0 saturated carbocycles. The molecule has 0 fully saturated rings. The first-order valence-electron chi connectivity index (χ1n) is 5.70. The fourth-order valence-corrected chi connectivity index (χ4v) is 2.07. The summed E-state index contributed by atoms with van der Waals surface area (Å²) in [5, 5.41) is 3.26. The minimum atomic E-state index is -0.716. The van der Waals surface area contributed by atoms with Gasteiger partial charge in [0.2, 0.25) is 5.95 Å². The van der Waals surface area contributed by atoms with E-state index >= 15 is 0 Å². The highest BCUT2D eigenvalue weighted by molar-refractivity contribution is 7.84. The van der Waals surface area contributed by atoms with Crippen molar-refractivity contribution in [1.82, 2.24) is 9.55 Å². The molecule has 1 rings (SSSR count). The van der Waals surface area contributed by atoms with Crippen LogP contribution in [0.5, 0.6) is 0 Å². The predicted octanol–water partition coefficient (Wildman–Crippen LogP) is 1.02. The fourth-order valence-electron chi connectivity index (χ4n) is 1.52. The molecule has 1 aromatic rings. The molecule has 1 unspecified atom stereocenters. The Hall–Kier alpha value is -0.880. The average Bonchev–Trinajstić information content (AvgIpc) is 2.62. The van der Waals surface area contributed by atoms with Crippen LogP contribution in [0.1, 0.15) is 12.1 Å². The molecule has 1 aromatic heterocycles. The smallest absolute Gasteiger partial charge is 0.203 e. The summed E-state index contributed by atoms with van der Waals surface area (Å²) in [6.07, 6.45) is 4.61. The van der Waals surface area contributed by atoms with Crippen LogP contribution in [0.15, 0.2) is 6.20 Å². The Kier molecular flexibility index (Phi) is 6.21. The van der Waals surface area contributed by atoms with Crippen molar-refractivity contribution in [1.29, 1.82) is 0 Å². The summed E-state index contributed by atoms with van der Waals surface area (Å²) >= 11 is 0. The van der Waals surface area contributed by atoms with Crippen molar-refractivity contribution in [2.24, 2.45) is 0 Å². The number of ether oxygens (including phenoxy) is 1. The minimum absolute atomic E-state index is 0.670. The maximum atomic E-state index is 10.9. The first-order valence-corrected chi connectivity index (χ1v) is 7.43. The summed E-state index contributed by atoms with van der Waals surface area (Å²) in [5.41, 5.74) is 0.989. The van der Waals surface area contributed by atoms with Crippen LogP contribution in [0.4, 0.5) is 5.95 Å². The minimum Gasteiger partial charge on any atom is -0.383 e. The van der Waals surface area contributed by atoms with E-state index in [9.17, 15) is 4.21 Å². The highest BCUT2D eigenvalue weighted by Crippen LogP contribution is 2.08. The Bertz CT molecular complexity index is 366. The molecule has 0 aliphatic heterocycles. The molecule has 1 atom stereocenters. The molecule has 17 heavy (non-hydrogen) atoms. The van der Waals surface area contributed by atoms with E-state index in [0.29, 0.717) is 6.61 Å². The summed E-state index contributed by atoms with van der Waals surface area (Å²) < 4.78 is 18.0. The van der Waals surface area contributed by atoms with Crippen LogP contribution in [0.3, 0.4) is 0 Å². The van der Waals surface area contributed by atoms with Crippen molar-refractivity contribution in [3.63, 3.8) is 0 Å². The SMILES string of the molecule is COCCn1cc(C)nc1NCCCS(C)=O. The first kappa shape index (κ1) is 14.2. The standard InChI is InChI=1S/C11H21N3O2S/c1-10-9-14(6-7-16-2)11(13-10)12-5-4-8-17(3)15/h9H,4-8H2,1-3H3,(H,12,13). The Morgan fingerprint density at radius 1 is 1.59 bits per heavy atom. The van der Waals surface area contributed by atoms with Crippen molar-refractivity contribution in [3.05, 3.63) is 11.9 Å². The van der Waals surface area contributed by atoms with Gasteiger partial charge in [-0.1, -0.05) is 0 Å². The monoisotopic (exact) mass is 259 g/mol. The zero-order valence-corrected chi connectivity index (χ0v) is 11.5. The number of imidazole rings is 1. The summed E-state index contributed by atoms with van der Waals surface area (Å²) in [6.45, 7) is 4.22. The number of methoxy groups -OCH3 is 1. The Balaban J connectivity index is 2.42. The van der Waals surface area contributed by atoms with Gasteiger partial charge >= 0.3 is 0 Å². The third-order valence-electron chi connectivity index (χ3n) is 2.32. The average molecular weight is 259 g/mol. The van der Waals surface area contributed by atoms with E-state index in [2.05, 4.69) is 10.3 Å². The van der Waals surface area contributed by atoms with Gasteiger partial charge in [-0.3, -0.25) is 4.21 Å². The molecule has 1 heterocycles. The van der Waals surface area contributed by atoms with Gasteiger partial charge in [0.1, 0.15) is 0 Å². The molecule has 1 N–H and O–H groups in total. The molecule has 0 bridgehead atoms. The molecule has 0 aliphatic rings. The van der Waals surface area contributed by atoms with Gasteiger partial charge in [-0.05, 0) is 13.3 Å². The van der Waals surface area contributed by atoms with Crippen LogP contribution in [-0.2, 0) is 22.1 Å². The molecule has 0 amide bonds. The van der Waals surface area contributed by atoms with Gasteiger partial charge in [0.05, 0.1) is 12.3 Å². The fraction of sp³-hybridized carbons (Fsp3) is 0.727. The Morgan fingerprint density at radius 3 is 3.00 bits per heavy atom. The molecule has 0 radical (unpaired) electrons. The topological polar surface area (TPSA) is 56.1 Å². The van der Waals surface area contributed by atoms with E-state index in [1.54, 1.807) is 13.4 Å². The lowest BCUT2D eigenvalue weighted by Gasteiger charge is -2.08. The lowest BCUT2D eigenvalue weighted by atomic mass is 10.5. The second kappa shape index (κ2) is 7.45. The Labute approximate surface area is 105 Å². The largest absolute Gasteiger partial charge is 0.383 e. The number of anilines is 1. The van der Waals surface area contributed by atoms with Gasteiger partial charge in [-0.15, -0.1) is 0 Å². The van der Waals surface area contributed by atoms with E-state index in [1.165, 1.54) is 0 Å². The van der Waals surface area contributed by atoms with Crippen molar-refractivity contribution in [2.45, 2.75) is 19.9 Å². The molecule has 0 aliphatic carbocycles. The number of hydrogen-bond donors (Lipinski definition) is 1. The van der Waals surface area contributed by atoms with Crippen molar-refractivity contribution in [3.8, 4) is 0 Å². The third-order valence-corrected chi connectivity index (χ3v) is 3.19. The number of rotatable bonds is 8. The molecule has 98 valence electrons. The van der Waals surface area contributed by atoms with E-state index in [-0.39, 0.29) is 0 Å². The predicted molar refractivity (Wildman–Crippen MR) is 70.9 cm³/mol. The van der Waals surface area contributed by atoms with Crippen LogP contribution >= 0.6 is 0 Å². The van der Waals surface area contributed by atoms with Gasteiger partial charge in [0.15, 0.2) is 0 Å². The second-order valence-corrected chi connectivity index (χ2v) is 5.50. The molecular weight excluding hydrogens is 238 g/mol. The third kappa shape index (κ3) is 5.32. The van der Waals surface area contributed by atoms with Crippen molar-refractivity contribution >= 4 is 16.7 Å². The molecule has 6 heteroatoms. The first-order chi connectivity index (χ1) is 8.13. The van der Waals surface area contributed by atoms with Gasteiger partial charge < -0.3 is 14.6 Å². The van der Waals surface area contributed by atoms with Gasteiger partial charge in [-0.2, -0.15) is 0 Å². The number of nitrogens with one attached hydrogen (secondary N) is 1. The van der Waals surface area contributed by atoms with Gasteiger partial charge in [-0.25, -0.2) is 4.98 Å². The number of hydrogen-bond acceptors (Lipinski definition) is 4. The maximum absolute atomic E-state index is 10.9. The van der Waals surface area contributed by atoms with Crippen molar-refractivity contribution < 1.29 is 8.95 Å². The molecular formula is C11H21N3O2S. The van der Waals surface area contributed by atoms with Crippen LogP contribution in [0, 0.1) is 6.92 Å². The quantitative estimate of drug-likeness (QED) is 0.708. The maximum Gasteiger partial charge on any atom is 0.203 e. The number of nitrogens with zero attached hydrogens (tertiary/aromatic N) is 2. The van der Waals surface area contributed by atoms with E-state index in [4.69, 9.17) is 4.74 Å². The van der Waals surface area contributed by atoms with Crippen molar-refractivity contribution in [2.75, 3.05) is 37.6 Å². The van der Waals surface area contributed by atoms with E-state index in [0.717, 1.165) is 36.9 Å². The number of aryl methyl sites for hydroxylation is 1. The van der Waals surface area contributed by atoms with Crippen LogP contribution in [-0.4, -0.2) is 46.0 Å². The summed E-state index contributed by atoms with van der Waals surface area (Å²) in [4.78, 5) is 4.40.